The molecule has 5 rings (SSSR count). The summed E-state index contributed by atoms with van der Waals surface area (Å²) in [6, 6.07) is 47.6. The molecule has 6 unspecified atom stereocenters. The molecule has 1 nitrogen and oxygen atoms in total. The number of aliphatic hydroxyl groups excluding tert-OH is 1. The van der Waals surface area contributed by atoms with Crippen LogP contribution in [0.2, 0.25) is 0 Å². The van der Waals surface area contributed by atoms with Crippen LogP contribution < -0.4 is 0 Å². The summed E-state index contributed by atoms with van der Waals surface area (Å²) in [5, 5.41) is 10.2. The molecule has 51 heavy (non-hydrogen) atoms. The topological polar surface area (TPSA) is 20.2 Å². The van der Waals surface area contributed by atoms with E-state index in [-0.39, 0.29) is 6.61 Å². The Labute approximate surface area is 314 Å². The van der Waals surface area contributed by atoms with Crippen molar-refractivity contribution in [2.75, 3.05) is 0 Å². The maximum Gasteiger partial charge on any atom is 0.0681 e. The summed E-state index contributed by atoms with van der Waals surface area (Å²) in [7, 11) is 0. The molecule has 5 aromatic carbocycles. The van der Waals surface area contributed by atoms with Crippen molar-refractivity contribution in [3.8, 4) is 0 Å². The average molecular weight is 699 g/mol. The van der Waals surface area contributed by atoms with Crippen LogP contribution in [0.1, 0.15) is 152 Å². The van der Waals surface area contributed by atoms with Crippen LogP contribution in [0.15, 0.2) is 127 Å². The van der Waals surface area contributed by atoms with E-state index in [2.05, 4.69) is 156 Å². The molecule has 0 aliphatic carbocycles. The van der Waals surface area contributed by atoms with Gasteiger partial charge in [0.1, 0.15) is 0 Å². The predicted octanol–water partition coefficient (Wildman–Crippen LogP) is 13.9. The minimum atomic E-state index is 0.0610. The Morgan fingerprint density at radius 3 is 1.51 bits per heavy atom. The van der Waals surface area contributed by atoms with Gasteiger partial charge in [-0.3, -0.25) is 0 Å². The fourth-order valence-corrected chi connectivity index (χ4v) is 8.23. The lowest BCUT2D eigenvalue weighted by Crippen LogP contribution is -2.15. The zero-order chi connectivity index (χ0) is 36.2. The fourth-order valence-electron chi connectivity index (χ4n) is 8.06. The number of hydrogen-bond donors (Lipinski definition) is 1. The van der Waals surface area contributed by atoms with Crippen LogP contribution in [0, 0.1) is 6.92 Å². The number of aliphatic hydroxyl groups is 1. The molecule has 0 saturated carbocycles. The molecule has 0 heterocycles. The van der Waals surface area contributed by atoms with Gasteiger partial charge in [0.25, 0.3) is 0 Å². The van der Waals surface area contributed by atoms with E-state index >= 15 is 0 Å². The van der Waals surface area contributed by atoms with Crippen LogP contribution in [-0.4, -0.2) is 5.11 Å². The van der Waals surface area contributed by atoms with Crippen LogP contribution >= 0.6 is 11.6 Å². The predicted molar refractivity (Wildman–Crippen MR) is 219 cm³/mol. The van der Waals surface area contributed by atoms with Crippen molar-refractivity contribution in [3.63, 3.8) is 0 Å². The molecule has 2 heteroatoms. The molecular formula is C49H59ClO. The van der Waals surface area contributed by atoms with Crippen LogP contribution in [0.3, 0.4) is 0 Å². The first-order valence-corrected chi connectivity index (χ1v) is 19.9. The quantitative estimate of drug-likeness (QED) is 0.0903. The third-order valence-corrected chi connectivity index (χ3v) is 11.8. The molecule has 0 spiro atoms. The molecule has 0 saturated heterocycles. The average Bonchev–Trinajstić information content (AvgIpc) is 3.19. The lowest BCUT2D eigenvalue weighted by Gasteiger charge is -2.32. The first kappa shape index (κ1) is 38.6. The van der Waals surface area contributed by atoms with E-state index in [1.807, 2.05) is 6.07 Å². The Hall–Kier alpha value is -3.65. The van der Waals surface area contributed by atoms with Gasteiger partial charge in [0.2, 0.25) is 0 Å². The van der Waals surface area contributed by atoms with Crippen molar-refractivity contribution < 1.29 is 5.11 Å². The molecule has 1 N–H and O–H groups in total. The fraction of sp³-hybridized carbons (Fsp3) is 0.388. The first-order chi connectivity index (χ1) is 24.8. The van der Waals surface area contributed by atoms with Crippen molar-refractivity contribution >= 4 is 11.6 Å². The highest BCUT2D eigenvalue weighted by Crippen LogP contribution is 2.44. The first-order valence-electron chi connectivity index (χ1n) is 19.4. The highest BCUT2D eigenvalue weighted by molar-refractivity contribution is 6.17. The Kier molecular flexibility index (Phi) is 14.6. The molecule has 0 aliphatic rings. The highest BCUT2D eigenvalue weighted by Gasteiger charge is 2.28. The maximum absolute atomic E-state index is 10.2. The Bertz CT molecular complexity index is 1740. The summed E-state index contributed by atoms with van der Waals surface area (Å²) in [5.41, 5.74) is 11.9. The second-order valence-corrected chi connectivity index (χ2v) is 15.4. The number of benzene rings is 5. The summed E-state index contributed by atoms with van der Waals surface area (Å²) in [5.74, 6) is 3.04. The number of rotatable bonds is 18. The monoisotopic (exact) mass is 698 g/mol. The van der Waals surface area contributed by atoms with Gasteiger partial charge < -0.3 is 5.11 Å². The van der Waals surface area contributed by atoms with Crippen LogP contribution in [0.25, 0.3) is 0 Å². The zero-order valence-electron chi connectivity index (χ0n) is 31.6. The molecule has 6 atom stereocenters. The van der Waals surface area contributed by atoms with Gasteiger partial charge in [-0.05, 0) is 125 Å². The van der Waals surface area contributed by atoms with Gasteiger partial charge in [-0.2, -0.15) is 0 Å². The smallest absolute Gasteiger partial charge is 0.0681 e. The molecule has 0 radical (unpaired) electrons. The summed E-state index contributed by atoms with van der Waals surface area (Å²) in [6.45, 7) is 11.6. The molecule has 5 aromatic rings. The minimum Gasteiger partial charge on any atom is -0.392 e. The van der Waals surface area contributed by atoms with Crippen molar-refractivity contribution in [1.82, 2.24) is 0 Å². The van der Waals surface area contributed by atoms with Gasteiger partial charge in [-0.15, -0.1) is 11.6 Å². The molecule has 0 bridgehead atoms. The number of aryl methyl sites for hydroxylation is 1. The van der Waals surface area contributed by atoms with E-state index in [1.54, 1.807) is 0 Å². The van der Waals surface area contributed by atoms with E-state index in [0.29, 0.717) is 41.4 Å². The highest BCUT2D eigenvalue weighted by atomic mass is 35.5. The number of hydrogen-bond acceptors (Lipinski definition) is 1. The van der Waals surface area contributed by atoms with Crippen LogP contribution in [-0.2, 0) is 12.5 Å². The van der Waals surface area contributed by atoms with Gasteiger partial charge in [-0.25, -0.2) is 0 Å². The van der Waals surface area contributed by atoms with Crippen LogP contribution in [0.4, 0.5) is 0 Å². The van der Waals surface area contributed by atoms with Gasteiger partial charge in [0, 0.05) is 5.88 Å². The van der Waals surface area contributed by atoms with Crippen molar-refractivity contribution in [1.29, 1.82) is 0 Å². The third-order valence-electron chi connectivity index (χ3n) is 11.5. The van der Waals surface area contributed by atoms with Crippen molar-refractivity contribution in [2.45, 2.75) is 121 Å². The van der Waals surface area contributed by atoms with Gasteiger partial charge in [0.15, 0.2) is 0 Å². The lowest BCUT2D eigenvalue weighted by atomic mass is 9.73. The summed E-state index contributed by atoms with van der Waals surface area (Å²) < 4.78 is 0. The molecule has 0 aromatic heterocycles. The van der Waals surface area contributed by atoms with Gasteiger partial charge >= 0.3 is 0 Å². The van der Waals surface area contributed by atoms with E-state index < -0.39 is 0 Å². The van der Waals surface area contributed by atoms with Gasteiger partial charge in [0.05, 0.1) is 6.61 Å². The summed E-state index contributed by atoms with van der Waals surface area (Å²) in [4.78, 5) is 0. The molecule has 0 aliphatic heterocycles. The number of alkyl halides is 1. The van der Waals surface area contributed by atoms with Crippen molar-refractivity contribution in [3.05, 3.63) is 177 Å². The van der Waals surface area contributed by atoms with E-state index in [1.165, 1.54) is 44.5 Å². The zero-order valence-corrected chi connectivity index (χ0v) is 32.3. The summed E-state index contributed by atoms with van der Waals surface area (Å²) in [6.07, 6.45) is 6.51. The van der Waals surface area contributed by atoms with Gasteiger partial charge in [-0.1, -0.05) is 161 Å². The Morgan fingerprint density at radius 1 is 0.471 bits per heavy atom. The molecule has 0 fully saturated rings. The third kappa shape index (κ3) is 10.7. The second-order valence-electron chi connectivity index (χ2n) is 15.1. The van der Waals surface area contributed by atoms with Crippen LogP contribution in [0.5, 0.6) is 0 Å². The second kappa shape index (κ2) is 19.3. The SMILES string of the molecule is CCC(C)c1ccc(C(C)CC(CC(CC(CC(CC)c2ccccc2)c2cccc(CCl)c2)c2ccc(C)cc2)c2cccc(CO)c2)cc1. The minimum absolute atomic E-state index is 0.0610. The molecular weight excluding hydrogens is 640 g/mol. The maximum atomic E-state index is 10.2. The Morgan fingerprint density at radius 2 is 0.941 bits per heavy atom. The standard InChI is InChI=1S/C49H59ClO/c1-6-36(4)41-23-25-42(26-24-41)37(5)27-47(46-18-12-14-39(29-46)34-51)31-48(44-21-19-35(3)20-22-44)32-49(45-17-11-13-38(28-45)33-50)30-40(7-2)43-15-9-8-10-16-43/h8-26,28-29,36-37,40,47-49,51H,6-7,27,30-34H2,1-5H3. The summed E-state index contributed by atoms with van der Waals surface area (Å²) >= 11 is 6.42. The largest absolute Gasteiger partial charge is 0.392 e. The van der Waals surface area contributed by atoms with E-state index in [0.717, 1.165) is 44.1 Å². The molecule has 268 valence electrons. The normalized spacial score (nSPS) is 15.1. The molecule has 0 amide bonds. The lowest BCUT2D eigenvalue weighted by molar-refractivity contribution is 0.281. The van der Waals surface area contributed by atoms with E-state index in [4.69, 9.17) is 11.6 Å². The van der Waals surface area contributed by atoms with E-state index in [9.17, 15) is 5.11 Å². The van der Waals surface area contributed by atoms with Crippen molar-refractivity contribution in [2.24, 2.45) is 0 Å². The Balaban J connectivity index is 1.53. The number of halogens is 1.